The van der Waals surface area contributed by atoms with E-state index in [9.17, 15) is 0 Å². The number of rotatable bonds is 3. The van der Waals surface area contributed by atoms with Crippen LogP contribution in [0.25, 0.3) is 0 Å². The molecule has 0 saturated carbocycles. The van der Waals surface area contributed by atoms with Gasteiger partial charge in [0.1, 0.15) is 11.9 Å². The van der Waals surface area contributed by atoms with Gasteiger partial charge in [0.15, 0.2) is 0 Å². The van der Waals surface area contributed by atoms with Gasteiger partial charge in [0.25, 0.3) is 0 Å². The third-order valence-corrected chi connectivity index (χ3v) is 4.19. The van der Waals surface area contributed by atoms with Crippen molar-refractivity contribution in [3.05, 3.63) is 34.5 Å². The lowest BCUT2D eigenvalue weighted by atomic mass is 10.1. The van der Waals surface area contributed by atoms with Gasteiger partial charge in [-0.3, -0.25) is 0 Å². The first kappa shape index (κ1) is 15.4. The molecule has 1 nitrogen and oxygen atoms in total. The highest BCUT2D eigenvalue weighted by atomic mass is 79.9. The fourth-order valence-electron chi connectivity index (χ4n) is 1.71. The number of hydrogen-bond donors (Lipinski definition) is 0. The van der Waals surface area contributed by atoms with E-state index in [1.807, 2.05) is 6.08 Å². The molecule has 1 aliphatic heterocycles. The first-order valence-corrected chi connectivity index (χ1v) is 7.36. The molecule has 0 unspecified atom stereocenters. The summed E-state index contributed by atoms with van der Waals surface area (Å²) >= 11 is 9.91. The Balaban J connectivity index is 2.82. The molecule has 2 atom stereocenters. The zero-order valence-electron chi connectivity index (χ0n) is 10.5. The number of terminal acetylenes is 1. The summed E-state index contributed by atoms with van der Waals surface area (Å²) in [6.07, 6.45) is 16.3. The average Bonchev–Trinajstić information content (AvgIpc) is 2.37. The summed E-state index contributed by atoms with van der Waals surface area (Å²) in [5.41, 5.74) is 0. The van der Waals surface area contributed by atoms with Gasteiger partial charge in [0, 0.05) is 17.3 Å². The first-order chi connectivity index (χ1) is 8.69. The Hall–Kier alpha value is -0.650. The maximum absolute atomic E-state index is 6.35. The van der Waals surface area contributed by atoms with Gasteiger partial charge in [-0.2, -0.15) is 0 Å². The fourth-order valence-corrected chi connectivity index (χ4v) is 2.22. The molecule has 0 N–H and O–H groups in total. The molecular weight excluding hydrogens is 312 g/mol. The van der Waals surface area contributed by atoms with Crippen LogP contribution in [0.3, 0.4) is 0 Å². The molecule has 0 aliphatic carbocycles. The largest absolute Gasteiger partial charge is 0.492 e. The summed E-state index contributed by atoms with van der Waals surface area (Å²) in [6, 6.07) is 0. The van der Waals surface area contributed by atoms with E-state index in [1.54, 1.807) is 6.08 Å². The van der Waals surface area contributed by atoms with Gasteiger partial charge in [-0.25, -0.2) is 0 Å². The van der Waals surface area contributed by atoms with E-state index in [0.717, 1.165) is 35.9 Å². The molecule has 18 heavy (non-hydrogen) atoms. The highest BCUT2D eigenvalue weighted by Gasteiger charge is 2.22. The topological polar surface area (TPSA) is 9.23 Å². The summed E-state index contributed by atoms with van der Waals surface area (Å²) in [7, 11) is 0. The number of halogens is 2. The van der Waals surface area contributed by atoms with Crippen LogP contribution in [-0.2, 0) is 4.74 Å². The maximum atomic E-state index is 6.35. The summed E-state index contributed by atoms with van der Waals surface area (Å²) in [4.78, 5) is 0. The molecule has 0 bridgehead atoms. The number of hydrogen-bond acceptors (Lipinski definition) is 1. The zero-order valence-corrected chi connectivity index (χ0v) is 12.9. The Morgan fingerprint density at radius 2 is 2.44 bits per heavy atom. The standard InChI is InChI=1S/C15H18BrClO/c1-3-5-6-11-15-13(17)9-7-8-10-14(18-15)12(16)4-2/h1,5-8,13,15H,4,9-11H2,2H3/b6-5-,8-7?,14-12-/t13-,15-/m0/s1. The molecule has 1 aliphatic rings. The van der Waals surface area contributed by atoms with Crippen LogP contribution in [0.5, 0.6) is 0 Å². The number of ether oxygens (including phenoxy) is 1. The molecule has 3 heteroatoms. The maximum Gasteiger partial charge on any atom is 0.118 e. The Bertz CT molecular complexity index is 390. The Labute approximate surface area is 123 Å². The minimum Gasteiger partial charge on any atom is -0.492 e. The molecule has 0 saturated heterocycles. The first-order valence-electron chi connectivity index (χ1n) is 6.13. The molecule has 98 valence electrons. The Kier molecular flexibility index (Phi) is 7.23. The smallest absolute Gasteiger partial charge is 0.118 e. The third-order valence-electron chi connectivity index (χ3n) is 2.72. The Morgan fingerprint density at radius 1 is 1.67 bits per heavy atom. The minimum atomic E-state index is -0.0321. The highest BCUT2D eigenvalue weighted by Crippen LogP contribution is 2.28. The zero-order chi connectivity index (χ0) is 13.4. The van der Waals surface area contributed by atoms with E-state index in [1.165, 1.54) is 0 Å². The van der Waals surface area contributed by atoms with E-state index < -0.39 is 0 Å². The van der Waals surface area contributed by atoms with Crippen LogP contribution >= 0.6 is 27.5 Å². The van der Waals surface area contributed by atoms with E-state index in [2.05, 4.69) is 40.9 Å². The van der Waals surface area contributed by atoms with Gasteiger partial charge < -0.3 is 4.74 Å². The second-order valence-corrected chi connectivity index (χ2v) is 5.59. The molecule has 0 amide bonds. The fraction of sp³-hybridized carbons (Fsp3) is 0.467. The van der Waals surface area contributed by atoms with Gasteiger partial charge in [-0.1, -0.05) is 47.0 Å². The van der Waals surface area contributed by atoms with Crippen LogP contribution in [0.4, 0.5) is 0 Å². The molecule has 0 aromatic carbocycles. The molecule has 0 fully saturated rings. The van der Waals surface area contributed by atoms with Crippen molar-refractivity contribution >= 4 is 27.5 Å². The molecule has 1 heterocycles. The SMILES string of the molecule is C#C/C=C\C[C@@H]1O/C(=C(\Br)CC)CC=CC[C@@H]1Cl. The monoisotopic (exact) mass is 328 g/mol. The van der Waals surface area contributed by atoms with Crippen LogP contribution in [0.15, 0.2) is 34.5 Å². The lowest BCUT2D eigenvalue weighted by molar-refractivity contribution is 0.108. The number of allylic oxidation sites excluding steroid dienone is 4. The van der Waals surface area contributed by atoms with Crippen molar-refractivity contribution in [2.75, 3.05) is 0 Å². The molecular formula is C15H18BrClO. The van der Waals surface area contributed by atoms with Gasteiger partial charge >= 0.3 is 0 Å². The minimum absolute atomic E-state index is 0.0314. The van der Waals surface area contributed by atoms with Crippen LogP contribution in [0, 0.1) is 12.3 Å². The van der Waals surface area contributed by atoms with Crippen molar-refractivity contribution in [2.45, 2.75) is 44.1 Å². The van der Waals surface area contributed by atoms with Gasteiger partial charge in [0.05, 0.1) is 5.38 Å². The van der Waals surface area contributed by atoms with Crippen molar-refractivity contribution in [1.29, 1.82) is 0 Å². The second-order valence-electron chi connectivity index (χ2n) is 4.07. The highest BCUT2D eigenvalue weighted by molar-refractivity contribution is 9.11. The van der Waals surface area contributed by atoms with E-state index in [0.29, 0.717) is 0 Å². The van der Waals surface area contributed by atoms with Crippen molar-refractivity contribution < 1.29 is 4.74 Å². The van der Waals surface area contributed by atoms with Crippen LogP contribution in [0.2, 0.25) is 0 Å². The molecule has 0 aromatic rings. The lowest BCUT2D eigenvalue weighted by Gasteiger charge is -2.25. The van der Waals surface area contributed by atoms with E-state index >= 15 is 0 Å². The van der Waals surface area contributed by atoms with Gasteiger partial charge in [0.2, 0.25) is 0 Å². The van der Waals surface area contributed by atoms with Crippen LogP contribution in [-0.4, -0.2) is 11.5 Å². The summed E-state index contributed by atoms with van der Waals surface area (Å²) in [5, 5.41) is -0.0314. The quantitative estimate of drug-likeness (QED) is 0.405. The van der Waals surface area contributed by atoms with E-state index in [-0.39, 0.29) is 11.5 Å². The Morgan fingerprint density at radius 3 is 3.11 bits per heavy atom. The second kappa shape index (κ2) is 8.45. The molecule has 1 rings (SSSR count). The predicted molar refractivity (Wildman–Crippen MR) is 81.7 cm³/mol. The van der Waals surface area contributed by atoms with Gasteiger partial charge in [-0.15, -0.1) is 18.0 Å². The molecule has 0 spiro atoms. The molecule has 0 aromatic heterocycles. The summed E-state index contributed by atoms with van der Waals surface area (Å²) < 4.78 is 7.13. The van der Waals surface area contributed by atoms with Crippen molar-refractivity contribution in [3.8, 4) is 12.3 Å². The van der Waals surface area contributed by atoms with Crippen LogP contribution < -0.4 is 0 Å². The summed E-state index contributed by atoms with van der Waals surface area (Å²) in [6.45, 7) is 2.09. The summed E-state index contributed by atoms with van der Waals surface area (Å²) in [5.74, 6) is 3.45. The van der Waals surface area contributed by atoms with Crippen molar-refractivity contribution in [2.24, 2.45) is 0 Å². The van der Waals surface area contributed by atoms with E-state index in [4.69, 9.17) is 22.8 Å². The predicted octanol–water partition coefficient (Wildman–Crippen LogP) is 4.93. The van der Waals surface area contributed by atoms with Crippen LogP contribution in [0.1, 0.15) is 32.6 Å². The number of alkyl halides is 1. The lowest BCUT2D eigenvalue weighted by Crippen LogP contribution is -2.25. The average molecular weight is 330 g/mol. The van der Waals surface area contributed by atoms with Crippen molar-refractivity contribution in [3.63, 3.8) is 0 Å². The molecule has 0 radical (unpaired) electrons. The van der Waals surface area contributed by atoms with Crippen molar-refractivity contribution in [1.82, 2.24) is 0 Å². The normalized spacial score (nSPS) is 27.2. The third kappa shape index (κ3) is 4.92. The van der Waals surface area contributed by atoms with Gasteiger partial charge in [-0.05, 0) is 18.9 Å².